The zero-order valence-electron chi connectivity index (χ0n) is 11.3. The molecule has 104 valence electrons. The Balaban J connectivity index is 1.65. The number of fused-ring (bicyclic) bond motifs is 1. The Bertz CT molecular complexity index is 424. The second kappa shape index (κ2) is 5.90. The molecule has 3 rings (SSSR count). The van der Waals surface area contributed by atoms with E-state index in [4.69, 9.17) is 15.2 Å². The zero-order valence-corrected chi connectivity index (χ0v) is 11.3. The van der Waals surface area contributed by atoms with Gasteiger partial charge in [0.1, 0.15) is 12.4 Å². The summed E-state index contributed by atoms with van der Waals surface area (Å²) in [5, 5.41) is 0. The van der Waals surface area contributed by atoms with Crippen molar-refractivity contribution in [3.05, 3.63) is 29.8 Å². The van der Waals surface area contributed by atoms with E-state index in [1.54, 1.807) is 0 Å². The van der Waals surface area contributed by atoms with Gasteiger partial charge >= 0.3 is 0 Å². The Morgan fingerprint density at radius 1 is 1.26 bits per heavy atom. The molecule has 4 nitrogen and oxygen atoms in total. The molecule has 2 aliphatic rings. The average molecular weight is 262 g/mol. The molecule has 0 aliphatic carbocycles. The highest BCUT2D eigenvalue weighted by Gasteiger charge is 2.26. The van der Waals surface area contributed by atoms with Gasteiger partial charge in [-0.25, -0.2) is 0 Å². The Kier molecular flexibility index (Phi) is 4.01. The highest BCUT2D eigenvalue weighted by molar-refractivity contribution is 5.33. The lowest BCUT2D eigenvalue weighted by Gasteiger charge is -2.32. The van der Waals surface area contributed by atoms with Crippen molar-refractivity contribution < 1.29 is 9.47 Å². The van der Waals surface area contributed by atoms with Crippen molar-refractivity contribution in [3.8, 4) is 5.75 Å². The van der Waals surface area contributed by atoms with Crippen molar-refractivity contribution in [2.45, 2.75) is 19.0 Å². The van der Waals surface area contributed by atoms with E-state index in [-0.39, 0.29) is 6.04 Å². The van der Waals surface area contributed by atoms with E-state index in [0.717, 1.165) is 51.6 Å². The first-order valence-corrected chi connectivity index (χ1v) is 7.09. The molecule has 0 bridgehead atoms. The summed E-state index contributed by atoms with van der Waals surface area (Å²) >= 11 is 0. The number of ether oxygens (including phenoxy) is 2. The molecular weight excluding hydrogens is 240 g/mol. The molecule has 1 aromatic rings. The van der Waals surface area contributed by atoms with Crippen molar-refractivity contribution in [2.24, 2.45) is 11.7 Å². The number of rotatable bonds is 2. The lowest BCUT2D eigenvalue weighted by Crippen LogP contribution is -2.45. The summed E-state index contributed by atoms with van der Waals surface area (Å²) in [4.78, 5) is 2.44. The quantitative estimate of drug-likeness (QED) is 0.871. The molecule has 1 aromatic carbocycles. The Morgan fingerprint density at radius 2 is 2.16 bits per heavy atom. The summed E-state index contributed by atoms with van der Waals surface area (Å²) in [6, 6.07) is 8.56. The van der Waals surface area contributed by atoms with Gasteiger partial charge in [-0.15, -0.1) is 0 Å². The summed E-state index contributed by atoms with van der Waals surface area (Å²) < 4.78 is 11.3. The summed E-state index contributed by atoms with van der Waals surface area (Å²) in [5.74, 6) is 1.47. The van der Waals surface area contributed by atoms with Crippen molar-refractivity contribution in [2.75, 3.05) is 32.9 Å². The van der Waals surface area contributed by atoms with E-state index in [2.05, 4.69) is 17.0 Å². The number of hydrogen-bond donors (Lipinski definition) is 1. The standard InChI is InChI=1S/C15H22N2O2/c16-14-5-7-18-11-13(14)10-17-6-8-19-15-4-2-1-3-12(15)9-17/h1-4,13-14H,5-11,16H2. The van der Waals surface area contributed by atoms with Gasteiger partial charge in [0.2, 0.25) is 0 Å². The number of hydrogen-bond acceptors (Lipinski definition) is 4. The molecule has 2 aliphatic heterocycles. The SMILES string of the molecule is NC1CCOCC1CN1CCOc2ccccc2C1. The van der Waals surface area contributed by atoms with Crippen LogP contribution in [-0.2, 0) is 11.3 Å². The molecule has 4 heteroatoms. The normalized spacial score (nSPS) is 28.3. The van der Waals surface area contributed by atoms with Crippen LogP contribution in [0.15, 0.2) is 24.3 Å². The maximum atomic E-state index is 6.19. The zero-order chi connectivity index (χ0) is 13.1. The molecule has 19 heavy (non-hydrogen) atoms. The first-order chi connectivity index (χ1) is 9.33. The van der Waals surface area contributed by atoms with Crippen molar-refractivity contribution in [1.82, 2.24) is 4.90 Å². The predicted molar refractivity (Wildman–Crippen MR) is 74.1 cm³/mol. The van der Waals surface area contributed by atoms with Crippen LogP contribution >= 0.6 is 0 Å². The lowest BCUT2D eigenvalue weighted by atomic mass is 9.96. The molecule has 1 fully saturated rings. The van der Waals surface area contributed by atoms with Crippen LogP contribution in [0.5, 0.6) is 5.75 Å². The third kappa shape index (κ3) is 3.08. The third-order valence-corrected chi connectivity index (χ3v) is 4.06. The smallest absolute Gasteiger partial charge is 0.123 e. The van der Waals surface area contributed by atoms with E-state index in [1.165, 1.54) is 5.56 Å². The number of para-hydroxylation sites is 1. The first kappa shape index (κ1) is 12.9. The minimum atomic E-state index is 0.271. The summed E-state index contributed by atoms with van der Waals surface area (Å²) in [6.45, 7) is 5.25. The van der Waals surface area contributed by atoms with Gasteiger partial charge in [-0.2, -0.15) is 0 Å². The largest absolute Gasteiger partial charge is 0.492 e. The van der Waals surface area contributed by atoms with Crippen LogP contribution in [0.1, 0.15) is 12.0 Å². The molecule has 0 amide bonds. The topological polar surface area (TPSA) is 47.7 Å². The van der Waals surface area contributed by atoms with Crippen LogP contribution in [-0.4, -0.2) is 43.9 Å². The minimum absolute atomic E-state index is 0.271. The van der Waals surface area contributed by atoms with Crippen LogP contribution in [0.2, 0.25) is 0 Å². The molecule has 0 spiro atoms. The predicted octanol–water partition coefficient (Wildman–Crippen LogP) is 1.24. The van der Waals surface area contributed by atoms with Crippen molar-refractivity contribution in [3.63, 3.8) is 0 Å². The summed E-state index contributed by atoms with van der Waals surface area (Å²) in [5.41, 5.74) is 7.46. The fraction of sp³-hybridized carbons (Fsp3) is 0.600. The summed E-state index contributed by atoms with van der Waals surface area (Å²) in [7, 11) is 0. The Hall–Kier alpha value is -1.10. The highest BCUT2D eigenvalue weighted by atomic mass is 16.5. The van der Waals surface area contributed by atoms with E-state index < -0.39 is 0 Å². The van der Waals surface area contributed by atoms with Crippen molar-refractivity contribution in [1.29, 1.82) is 0 Å². The van der Waals surface area contributed by atoms with E-state index in [9.17, 15) is 0 Å². The van der Waals surface area contributed by atoms with Gasteiger partial charge in [0.15, 0.2) is 0 Å². The third-order valence-electron chi connectivity index (χ3n) is 4.06. The van der Waals surface area contributed by atoms with Crippen LogP contribution in [0.4, 0.5) is 0 Å². The van der Waals surface area contributed by atoms with E-state index >= 15 is 0 Å². The molecule has 2 unspecified atom stereocenters. The lowest BCUT2D eigenvalue weighted by molar-refractivity contribution is 0.0242. The van der Waals surface area contributed by atoms with E-state index in [0.29, 0.717) is 5.92 Å². The van der Waals surface area contributed by atoms with Gasteiger partial charge in [0.25, 0.3) is 0 Å². The van der Waals surface area contributed by atoms with Crippen LogP contribution < -0.4 is 10.5 Å². The summed E-state index contributed by atoms with van der Waals surface area (Å²) in [6.07, 6.45) is 0.978. The Labute approximate surface area is 114 Å². The first-order valence-electron chi connectivity index (χ1n) is 7.09. The molecule has 2 atom stereocenters. The molecule has 0 radical (unpaired) electrons. The number of benzene rings is 1. The van der Waals surface area contributed by atoms with Crippen molar-refractivity contribution >= 4 is 0 Å². The second-order valence-electron chi connectivity index (χ2n) is 5.48. The van der Waals surface area contributed by atoms with Gasteiger partial charge in [0.05, 0.1) is 6.61 Å². The molecule has 2 heterocycles. The Morgan fingerprint density at radius 3 is 3.05 bits per heavy atom. The van der Waals surface area contributed by atoms with Gasteiger partial charge in [0, 0.05) is 43.8 Å². The van der Waals surface area contributed by atoms with Crippen LogP contribution in [0, 0.1) is 5.92 Å². The molecular formula is C15H22N2O2. The van der Waals surface area contributed by atoms with Gasteiger partial charge in [-0.1, -0.05) is 18.2 Å². The van der Waals surface area contributed by atoms with Crippen LogP contribution in [0.3, 0.4) is 0 Å². The minimum Gasteiger partial charge on any atom is -0.492 e. The molecule has 2 N–H and O–H groups in total. The number of nitrogens with two attached hydrogens (primary N) is 1. The number of nitrogens with zero attached hydrogens (tertiary/aromatic N) is 1. The second-order valence-corrected chi connectivity index (χ2v) is 5.48. The van der Waals surface area contributed by atoms with Crippen LogP contribution in [0.25, 0.3) is 0 Å². The fourth-order valence-electron chi connectivity index (χ4n) is 2.87. The maximum Gasteiger partial charge on any atom is 0.123 e. The fourth-order valence-corrected chi connectivity index (χ4v) is 2.87. The molecule has 0 saturated carbocycles. The maximum absolute atomic E-state index is 6.19. The average Bonchev–Trinajstić information content (AvgIpc) is 2.63. The monoisotopic (exact) mass is 262 g/mol. The highest BCUT2D eigenvalue weighted by Crippen LogP contribution is 2.24. The van der Waals surface area contributed by atoms with E-state index in [1.807, 2.05) is 12.1 Å². The molecule has 0 aromatic heterocycles. The van der Waals surface area contributed by atoms with Gasteiger partial charge < -0.3 is 15.2 Å². The van der Waals surface area contributed by atoms with Gasteiger partial charge in [-0.3, -0.25) is 4.90 Å². The molecule has 1 saturated heterocycles. The van der Waals surface area contributed by atoms with Gasteiger partial charge in [-0.05, 0) is 12.5 Å².